The second-order valence-electron chi connectivity index (χ2n) is 14.8. The van der Waals surface area contributed by atoms with Crippen LogP contribution >= 0.6 is 0 Å². The quantitative estimate of drug-likeness (QED) is 0.173. The Labute approximate surface area is 297 Å². The minimum Gasteiger partial charge on any atom is -0.309 e. The number of hydrogen-bond donors (Lipinski definition) is 0. The van der Waals surface area contributed by atoms with Crippen LogP contribution < -0.4 is 0 Å². The van der Waals surface area contributed by atoms with E-state index in [2.05, 4.69) is 176 Å². The zero-order chi connectivity index (χ0) is 34.3. The van der Waals surface area contributed by atoms with E-state index in [4.69, 9.17) is 0 Å². The highest BCUT2D eigenvalue weighted by Gasteiger charge is 2.21. The highest BCUT2D eigenvalue weighted by atomic mass is 15.0. The highest BCUT2D eigenvalue weighted by Crippen LogP contribution is 2.45. The van der Waals surface area contributed by atoms with Gasteiger partial charge in [-0.1, -0.05) is 136 Å². The van der Waals surface area contributed by atoms with Crippen molar-refractivity contribution in [1.29, 1.82) is 0 Å². The summed E-state index contributed by atoms with van der Waals surface area (Å²) >= 11 is 0. The molecule has 0 saturated carbocycles. The molecule has 0 unspecified atom stereocenters. The molecule has 0 amide bonds. The van der Waals surface area contributed by atoms with E-state index in [0.717, 1.165) is 16.9 Å². The smallest absolute Gasteiger partial charge is 0.0701 e. The van der Waals surface area contributed by atoms with Gasteiger partial charge in [-0.2, -0.15) is 0 Å². The van der Waals surface area contributed by atoms with Crippen molar-refractivity contribution in [3.63, 3.8) is 0 Å². The Morgan fingerprint density at radius 3 is 1.69 bits per heavy atom. The summed E-state index contributed by atoms with van der Waals surface area (Å²) in [5.74, 6) is 0. The molecule has 0 spiro atoms. The topological polar surface area (TPSA) is 17.8 Å². The first-order chi connectivity index (χ1) is 24.9. The maximum absolute atomic E-state index is 4.60. The largest absolute Gasteiger partial charge is 0.309 e. The van der Waals surface area contributed by atoms with Crippen LogP contribution in [0.3, 0.4) is 0 Å². The number of benzene rings is 8. The van der Waals surface area contributed by atoms with Crippen molar-refractivity contribution in [1.82, 2.24) is 9.55 Å². The van der Waals surface area contributed by atoms with Crippen molar-refractivity contribution in [2.75, 3.05) is 0 Å². The van der Waals surface area contributed by atoms with Crippen molar-refractivity contribution >= 4 is 54.1 Å². The first kappa shape index (κ1) is 29.6. The Bertz CT molecular complexity index is 2850. The number of hydrogen-bond acceptors (Lipinski definition) is 1. The van der Waals surface area contributed by atoms with Gasteiger partial charge in [-0.15, -0.1) is 0 Å². The molecule has 2 heterocycles. The van der Waals surface area contributed by atoms with E-state index in [1.54, 1.807) is 0 Å². The third-order valence-corrected chi connectivity index (χ3v) is 10.7. The number of fused-ring (bicyclic) bond motifs is 3. The van der Waals surface area contributed by atoms with Gasteiger partial charge in [-0.05, 0) is 108 Å². The summed E-state index contributed by atoms with van der Waals surface area (Å²) < 4.78 is 2.41. The normalized spacial score (nSPS) is 12.2. The van der Waals surface area contributed by atoms with Gasteiger partial charge >= 0.3 is 0 Å². The molecule has 0 radical (unpaired) electrons. The Morgan fingerprint density at radius 1 is 0.451 bits per heavy atom. The average Bonchev–Trinajstić information content (AvgIpc) is 3.51. The molecule has 0 bridgehead atoms. The summed E-state index contributed by atoms with van der Waals surface area (Å²) in [4.78, 5) is 4.60. The molecule has 2 aromatic heterocycles. The Morgan fingerprint density at radius 2 is 1.06 bits per heavy atom. The SMILES string of the molecule is CC(C)(C)c1cc2ccc3c(-c4ccc(-c5ccccn5)cc4)cc(-c4cccc(-n5c6ccccc6c6ccccc65)c4)c4ccc(c1)c2c34. The summed E-state index contributed by atoms with van der Waals surface area (Å²) in [5, 5.41) is 10.4. The van der Waals surface area contributed by atoms with Crippen molar-refractivity contribution in [3.8, 4) is 39.2 Å². The molecule has 0 aliphatic rings. The van der Waals surface area contributed by atoms with Crippen LogP contribution in [0.15, 0.2) is 164 Å². The van der Waals surface area contributed by atoms with Gasteiger partial charge in [-0.25, -0.2) is 0 Å². The van der Waals surface area contributed by atoms with Crippen molar-refractivity contribution in [2.45, 2.75) is 26.2 Å². The summed E-state index contributed by atoms with van der Waals surface area (Å²) in [7, 11) is 0. The third kappa shape index (κ3) is 4.67. The van der Waals surface area contributed by atoms with E-state index in [-0.39, 0.29) is 5.41 Å². The Kier molecular flexibility index (Phi) is 6.47. The maximum atomic E-state index is 4.60. The molecule has 242 valence electrons. The number of pyridine rings is 1. The lowest BCUT2D eigenvalue weighted by Crippen LogP contribution is -2.10. The summed E-state index contributed by atoms with van der Waals surface area (Å²) in [5.41, 5.74) is 12.0. The second-order valence-corrected chi connectivity index (χ2v) is 14.8. The summed E-state index contributed by atoms with van der Waals surface area (Å²) in [6.45, 7) is 6.90. The Balaban J connectivity index is 1.24. The van der Waals surface area contributed by atoms with Gasteiger partial charge in [0, 0.05) is 28.2 Å². The molecule has 0 N–H and O–H groups in total. The van der Waals surface area contributed by atoms with Crippen LogP contribution in [0.25, 0.3) is 93.3 Å². The fourth-order valence-electron chi connectivity index (χ4n) is 8.19. The van der Waals surface area contributed by atoms with Gasteiger partial charge in [0.2, 0.25) is 0 Å². The predicted molar refractivity (Wildman–Crippen MR) is 217 cm³/mol. The maximum Gasteiger partial charge on any atom is 0.0701 e. The molecule has 10 aromatic rings. The first-order valence-electron chi connectivity index (χ1n) is 17.8. The minimum absolute atomic E-state index is 0.0589. The molecule has 2 nitrogen and oxygen atoms in total. The predicted octanol–water partition coefficient (Wildman–Crippen LogP) is 13.4. The molecular weight excluding hydrogens is 617 g/mol. The number of nitrogens with zero attached hydrogens (tertiary/aromatic N) is 2. The van der Waals surface area contributed by atoms with E-state index < -0.39 is 0 Å². The number of aromatic nitrogens is 2. The molecule has 0 fully saturated rings. The van der Waals surface area contributed by atoms with Crippen molar-refractivity contribution in [2.24, 2.45) is 0 Å². The van der Waals surface area contributed by atoms with Crippen molar-refractivity contribution in [3.05, 3.63) is 169 Å². The molecular formula is C49H36N2. The van der Waals surface area contributed by atoms with E-state index in [9.17, 15) is 0 Å². The van der Waals surface area contributed by atoms with Crippen LogP contribution in [0, 0.1) is 0 Å². The zero-order valence-corrected chi connectivity index (χ0v) is 29.0. The van der Waals surface area contributed by atoms with E-state index in [1.165, 1.54) is 81.9 Å². The van der Waals surface area contributed by atoms with Crippen LogP contribution in [0.4, 0.5) is 0 Å². The summed E-state index contributed by atoms with van der Waals surface area (Å²) in [6.07, 6.45) is 1.86. The van der Waals surface area contributed by atoms with Gasteiger partial charge in [-0.3, -0.25) is 4.98 Å². The van der Waals surface area contributed by atoms with Crippen LogP contribution in [-0.4, -0.2) is 9.55 Å². The number of rotatable bonds is 4. The molecule has 0 atom stereocenters. The lowest BCUT2D eigenvalue weighted by molar-refractivity contribution is 0.591. The van der Waals surface area contributed by atoms with Crippen LogP contribution in [0.2, 0.25) is 0 Å². The van der Waals surface area contributed by atoms with Gasteiger partial charge in [0.05, 0.1) is 16.7 Å². The lowest BCUT2D eigenvalue weighted by Gasteiger charge is -2.23. The molecule has 2 heteroatoms. The van der Waals surface area contributed by atoms with Crippen LogP contribution in [-0.2, 0) is 5.41 Å². The first-order valence-corrected chi connectivity index (χ1v) is 17.8. The highest BCUT2D eigenvalue weighted by molar-refractivity contribution is 6.28. The third-order valence-electron chi connectivity index (χ3n) is 10.7. The molecule has 10 rings (SSSR count). The Hall–Kier alpha value is -6.25. The molecule has 0 aliphatic carbocycles. The molecule has 0 aliphatic heterocycles. The minimum atomic E-state index is 0.0589. The van der Waals surface area contributed by atoms with Gasteiger partial charge in [0.25, 0.3) is 0 Å². The van der Waals surface area contributed by atoms with Crippen molar-refractivity contribution < 1.29 is 0 Å². The van der Waals surface area contributed by atoms with E-state index in [0.29, 0.717) is 0 Å². The fraction of sp³-hybridized carbons (Fsp3) is 0.0816. The van der Waals surface area contributed by atoms with Crippen LogP contribution in [0.1, 0.15) is 26.3 Å². The monoisotopic (exact) mass is 652 g/mol. The number of para-hydroxylation sites is 2. The average molecular weight is 653 g/mol. The van der Waals surface area contributed by atoms with E-state index in [1.807, 2.05) is 18.3 Å². The second kappa shape index (κ2) is 11.1. The molecule has 0 saturated heterocycles. The molecule has 8 aromatic carbocycles. The van der Waals surface area contributed by atoms with E-state index >= 15 is 0 Å². The zero-order valence-electron chi connectivity index (χ0n) is 29.0. The standard InChI is InChI=1S/C49H36N2/c1-49(2,3)36-27-34-22-24-40-42(31-18-20-32(21-19-31)44-15-8-9-26-50-44)30-43(41-25-23-35(28-36)47(34)48(40)41)33-11-10-12-37(29-33)51-45-16-6-4-13-38(45)39-14-5-7-17-46(39)51/h4-30H,1-3H3. The summed E-state index contributed by atoms with van der Waals surface area (Å²) in [6, 6.07) is 58.1. The van der Waals surface area contributed by atoms with Gasteiger partial charge < -0.3 is 4.57 Å². The fourth-order valence-corrected chi connectivity index (χ4v) is 8.19. The van der Waals surface area contributed by atoms with Gasteiger partial charge in [0.15, 0.2) is 0 Å². The lowest BCUT2D eigenvalue weighted by atomic mass is 9.81. The molecule has 51 heavy (non-hydrogen) atoms. The van der Waals surface area contributed by atoms with Crippen LogP contribution in [0.5, 0.6) is 0 Å². The van der Waals surface area contributed by atoms with Gasteiger partial charge in [0.1, 0.15) is 0 Å².